The van der Waals surface area contributed by atoms with Gasteiger partial charge in [0.2, 0.25) is 0 Å². The number of benzene rings is 2. The van der Waals surface area contributed by atoms with Crippen molar-refractivity contribution in [3.63, 3.8) is 0 Å². The van der Waals surface area contributed by atoms with Gasteiger partial charge in [0.05, 0.1) is 26.4 Å². The molecule has 134 valence electrons. The Morgan fingerprint density at radius 1 is 0.720 bits per heavy atom. The summed E-state index contributed by atoms with van der Waals surface area (Å²) in [6.07, 6.45) is 0. The van der Waals surface area contributed by atoms with E-state index in [1.165, 1.54) is 21.9 Å². The third-order valence-corrected chi connectivity index (χ3v) is 5.35. The number of ether oxygens (including phenoxy) is 2. The molecule has 5 heteroatoms. The van der Waals surface area contributed by atoms with Crippen molar-refractivity contribution in [1.82, 2.24) is 9.80 Å². The van der Waals surface area contributed by atoms with Gasteiger partial charge in [0, 0.05) is 44.3 Å². The van der Waals surface area contributed by atoms with Crippen molar-refractivity contribution in [3.05, 3.63) is 46.5 Å². The van der Waals surface area contributed by atoms with Crippen LogP contribution in [0.3, 0.4) is 0 Å². The van der Waals surface area contributed by atoms with Crippen LogP contribution in [0.15, 0.2) is 30.3 Å². The van der Waals surface area contributed by atoms with Gasteiger partial charge in [-0.2, -0.15) is 0 Å². The predicted octanol–water partition coefficient (Wildman–Crippen LogP) is 3.16. The molecular weight excluding hydrogens is 336 g/mol. The summed E-state index contributed by atoms with van der Waals surface area (Å²) in [7, 11) is 0. The number of hydrogen-bond donors (Lipinski definition) is 0. The normalized spacial score (nSPS) is 20.2. The minimum Gasteiger partial charge on any atom is -0.379 e. The van der Waals surface area contributed by atoms with Gasteiger partial charge < -0.3 is 9.47 Å². The summed E-state index contributed by atoms with van der Waals surface area (Å²) in [5.74, 6) is 0. The molecule has 4 rings (SSSR count). The Morgan fingerprint density at radius 2 is 1.24 bits per heavy atom. The summed E-state index contributed by atoms with van der Waals surface area (Å²) >= 11 is 6.21. The van der Waals surface area contributed by atoms with E-state index < -0.39 is 0 Å². The van der Waals surface area contributed by atoms with E-state index in [-0.39, 0.29) is 0 Å². The lowest BCUT2D eigenvalue weighted by atomic mass is 9.99. The van der Waals surface area contributed by atoms with Crippen molar-refractivity contribution in [2.24, 2.45) is 0 Å². The Kier molecular flexibility index (Phi) is 5.54. The van der Waals surface area contributed by atoms with Crippen LogP contribution in [0.4, 0.5) is 0 Å². The topological polar surface area (TPSA) is 24.9 Å². The van der Waals surface area contributed by atoms with Crippen LogP contribution in [0, 0.1) is 0 Å². The van der Waals surface area contributed by atoms with Crippen molar-refractivity contribution >= 4 is 22.4 Å². The summed E-state index contributed by atoms with van der Waals surface area (Å²) in [5, 5.41) is 3.28. The molecule has 0 aromatic heterocycles. The van der Waals surface area contributed by atoms with Crippen molar-refractivity contribution in [3.8, 4) is 0 Å². The lowest BCUT2D eigenvalue weighted by Gasteiger charge is -2.30. The summed E-state index contributed by atoms with van der Waals surface area (Å²) in [4.78, 5) is 4.97. The number of nitrogens with zero attached hydrogens (tertiary/aromatic N) is 2. The van der Waals surface area contributed by atoms with Crippen LogP contribution in [-0.4, -0.2) is 62.4 Å². The van der Waals surface area contributed by atoms with E-state index in [4.69, 9.17) is 21.1 Å². The van der Waals surface area contributed by atoms with Crippen molar-refractivity contribution in [2.45, 2.75) is 13.1 Å². The zero-order chi connectivity index (χ0) is 17.1. The van der Waals surface area contributed by atoms with E-state index in [9.17, 15) is 0 Å². The SMILES string of the molecule is Clc1ccc2cc(CN3CCOCC3)c(CN3CCOCC3)cc2c1. The number of morpholine rings is 2. The van der Waals surface area contributed by atoms with Crippen molar-refractivity contribution in [1.29, 1.82) is 0 Å². The van der Waals surface area contributed by atoms with Gasteiger partial charge >= 0.3 is 0 Å². The van der Waals surface area contributed by atoms with E-state index in [0.717, 1.165) is 70.7 Å². The van der Waals surface area contributed by atoms with Gasteiger partial charge in [-0.3, -0.25) is 9.80 Å². The molecule has 2 saturated heterocycles. The van der Waals surface area contributed by atoms with E-state index in [1.807, 2.05) is 6.07 Å². The maximum atomic E-state index is 6.21. The molecule has 2 fully saturated rings. The van der Waals surface area contributed by atoms with Crippen LogP contribution in [-0.2, 0) is 22.6 Å². The molecule has 0 aliphatic carbocycles. The fraction of sp³-hybridized carbons (Fsp3) is 0.500. The smallest absolute Gasteiger partial charge is 0.0594 e. The highest BCUT2D eigenvalue weighted by molar-refractivity contribution is 6.31. The lowest BCUT2D eigenvalue weighted by molar-refractivity contribution is 0.0309. The zero-order valence-electron chi connectivity index (χ0n) is 14.5. The first-order valence-electron chi connectivity index (χ1n) is 9.09. The van der Waals surface area contributed by atoms with Crippen LogP contribution in [0.25, 0.3) is 10.8 Å². The first-order valence-corrected chi connectivity index (χ1v) is 9.47. The maximum absolute atomic E-state index is 6.21. The van der Waals surface area contributed by atoms with Gasteiger partial charge in [-0.25, -0.2) is 0 Å². The average Bonchev–Trinajstić information content (AvgIpc) is 2.64. The van der Waals surface area contributed by atoms with E-state index in [0.29, 0.717) is 0 Å². The minimum atomic E-state index is 0.797. The molecule has 0 amide bonds. The van der Waals surface area contributed by atoms with Crippen LogP contribution in [0.1, 0.15) is 11.1 Å². The van der Waals surface area contributed by atoms with Gasteiger partial charge in [-0.15, -0.1) is 0 Å². The molecule has 25 heavy (non-hydrogen) atoms. The van der Waals surface area contributed by atoms with Crippen LogP contribution >= 0.6 is 11.6 Å². The fourth-order valence-corrected chi connectivity index (χ4v) is 3.84. The molecule has 0 N–H and O–H groups in total. The second kappa shape index (κ2) is 8.02. The molecule has 2 aromatic carbocycles. The number of fused-ring (bicyclic) bond motifs is 1. The molecule has 0 bridgehead atoms. The highest BCUT2D eigenvalue weighted by atomic mass is 35.5. The zero-order valence-corrected chi connectivity index (χ0v) is 15.3. The predicted molar refractivity (Wildman–Crippen MR) is 101 cm³/mol. The van der Waals surface area contributed by atoms with Crippen LogP contribution in [0.2, 0.25) is 5.02 Å². The van der Waals surface area contributed by atoms with E-state index >= 15 is 0 Å². The average molecular weight is 361 g/mol. The molecule has 0 unspecified atom stereocenters. The molecule has 2 aromatic rings. The Balaban J connectivity index is 1.64. The van der Waals surface area contributed by atoms with E-state index in [2.05, 4.69) is 34.1 Å². The molecule has 0 spiro atoms. The van der Waals surface area contributed by atoms with Crippen LogP contribution in [0.5, 0.6) is 0 Å². The Morgan fingerprint density at radius 3 is 1.80 bits per heavy atom. The number of hydrogen-bond acceptors (Lipinski definition) is 4. The monoisotopic (exact) mass is 360 g/mol. The van der Waals surface area contributed by atoms with Crippen molar-refractivity contribution < 1.29 is 9.47 Å². The van der Waals surface area contributed by atoms with Gasteiger partial charge in [0.1, 0.15) is 0 Å². The molecule has 2 aliphatic heterocycles. The molecule has 0 saturated carbocycles. The van der Waals surface area contributed by atoms with Gasteiger partial charge in [0.25, 0.3) is 0 Å². The molecular formula is C20H25ClN2O2. The molecule has 2 aliphatic rings. The van der Waals surface area contributed by atoms with E-state index in [1.54, 1.807) is 0 Å². The second-order valence-corrected chi connectivity index (χ2v) is 7.33. The summed E-state index contributed by atoms with van der Waals surface area (Å²) in [6.45, 7) is 9.33. The Bertz CT molecular complexity index is 725. The van der Waals surface area contributed by atoms with Gasteiger partial charge in [0.15, 0.2) is 0 Å². The second-order valence-electron chi connectivity index (χ2n) is 6.89. The highest BCUT2D eigenvalue weighted by Gasteiger charge is 2.17. The maximum Gasteiger partial charge on any atom is 0.0594 e. The largest absolute Gasteiger partial charge is 0.379 e. The Hall–Kier alpha value is -1.17. The number of halogens is 1. The van der Waals surface area contributed by atoms with Crippen molar-refractivity contribution in [2.75, 3.05) is 52.6 Å². The molecule has 0 atom stereocenters. The quantitative estimate of drug-likeness (QED) is 0.836. The molecule has 0 radical (unpaired) electrons. The van der Waals surface area contributed by atoms with Crippen LogP contribution < -0.4 is 0 Å². The first kappa shape index (κ1) is 17.3. The third kappa shape index (κ3) is 4.33. The first-order chi connectivity index (χ1) is 12.3. The lowest BCUT2D eigenvalue weighted by Crippen LogP contribution is -2.37. The number of rotatable bonds is 4. The van der Waals surface area contributed by atoms with Gasteiger partial charge in [-0.05, 0) is 46.2 Å². The summed E-state index contributed by atoms with van der Waals surface area (Å²) in [6, 6.07) is 10.8. The fourth-order valence-electron chi connectivity index (χ4n) is 3.66. The molecule has 4 nitrogen and oxygen atoms in total. The Labute approximate surface area is 154 Å². The van der Waals surface area contributed by atoms with Gasteiger partial charge in [-0.1, -0.05) is 17.7 Å². The summed E-state index contributed by atoms with van der Waals surface area (Å²) < 4.78 is 11.0. The minimum absolute atomic E-state index is 0.797. The highest BCUT2D eigenvalue weighted by Crippen LogP contribution is 2.26. The summed E-state index contributed by atoms with van der Waals surface area (Å²) in [5.41, 5.74) is 2.83. The standard InChI is InChI=1S/C20H25ClN2O2/c21-20-2-1-16-11-18(14-22-3-7-24-8-4-22)19(12-17(16)13-20)15-23-5-9-25-10-6-23/h1-2,11-13H,3-10,14-15H2. The third-order valence-electron chi connectivity index (χ3n) is 5.12. The molecule has 2 heterocycles.